The van der Waals surface area contributed by atoms with Gasteiger partial charge in [0.25, 0.3) is 5.91 Å². The van der Waals surface area contributed by atoms with Crippen molar-refractivity contribution >= 4 is 21.8 Å². The predicted octanol–water partition coefficient (Wildman–Crippen LogP) is 2.17. The minimum atomic E-state index is -1.14. The van der Waals surface area contributed by atoms with Gasteiger partial charge in [-0.05, 0) is 37.0 Å². The van der Waals surface area contributed by atoms with Gasteiger partial charge in [-0.15, -0.1) is 0 Å². The first-order chi connectivity index (χ1) is 9.06. The van der Waals surface area contributed by atoms with E-state index in [0.717, 1.165) is 23.7 Å². The van der Waals surface area contributed by atoms with Gasteiger partial charge in [-0.25, -0.2) is 0 Å². The van der Waals surface area contributed by atoms with Crippen LogP contribution in [0.5, 0.6) is 0 Å². The molecule has 0 aliphatic heterocycles. The van der Waals surface area contributed by atoms with Crippen molar-refractivity contribution in [1.82, 2.24) is 5.32 Å². The number of ether oxygens (including phenoxy) is 1. The molecule has 1 unspecified atom stereocenters. The molecular formula is C14H18BrNO3. The number of hydrogen-bond acceptors (Lipinski definition) is 3. The van der Waals surface area contributed by atoms with Gasteiger partial charge in [0.15, 0.2) is 6.10 Å². The minimum Gasteiger partial charge on any atom is -0.378 e. The van der Waals surface area contributed by atoms with E-state index in [-0.39, 0.29) is 11.5 Å². The number of hydrogen-bond donors (Lipinski definition) is 2. The summed E-state index contributed by atoms with van der Waals surface area (Å²) in [7, 11) is 1.66. The summed E-state index contributed by atoms with van der Waals surface area (Å²) in [6, 6.07) is 7.05. The van der Waals surface area contributed by atoms with E-state index in [1.807, 2.05) is 0 Å². The second-order valence-corrected chi connectivity index (χ2v) is 5.83. The lowest BCUT2D eigenvalue weighted by molar-refractivity contribution is -0.133. The van der Waals surface area contributed by atoms with Crippen LogP contribution in [0, 0.1) is 0 Å². The van der Waals surface area contributed by atoms with Gasteiger partial charge in [0.1, 0.15) is 0 Å². The first-order valence-corrected chi connectivity index (χ1v) is 7.12. The number of benzene rings is 1. The van der Waals surface area contributed by atoms with Crippen molar-refractivity contribution in [2.45, 2.75) is 31.0 Å². The molecular weight excluding hydrogens is 310 g/mol. The molecule has 2 rings (SSSR count). The maximum Gasteiger partial charge on any atom is 0.253 e. The predicted molar refractivity (Wildman–Crippen MR) is 75.7 cm³/mol. The number of carbonyl (C=O) groups is 1. The molecule has 1 atom stereocenters. The molecule has 1 fully saturated rings. The highest BCUT2D eigenvalue weighted by molar-refractivity contribution is 9.10. The standard InChI is InChI=1S/C14H18BrNO3/c1-19-14(7-2-8-14)9-16-13(18)12(17)10-3-5-11(15)6-4-10/h3-6,12,17H,2,7-9H2,1H3,(H,16,18). The molecule has 19 heavy (non-hydrogen) atoms. The van der Waals surface area contributed by atoms with Crippen LogP contribution < -0.4 is 5.32 Å². The Kier molecular flexibility index (Phi) is 4.60. The number of carbonyl (C=O) groups excluding carboxylic acids is 1. The molecule has 1 amide bonds. The zero-order valence-electron chi connectivity index (χ0n) is 10.9. The Morgan fingerprint density at radius 3 is 2.58 bits per heavy atom. The van der Waals surface area contributed by atoms with Crippen LogP contribution in [0.15, 0.2) is 28.7 Å². The molecule has 0 heterocycles. The molecule has 1 saturated carbocycles. The van der Waals surface area contributed by atoms with Crippen LogP contribution in [0.4, 0.5) is 0 Å². The van der Waals surface area contributed by atoms with Crippen molar-refractivity contribution in [3.05, 3.63) is 34.3 Å². The van der Waals surface area contributed by atoms with Gasteiger partial charge in [-0.3, -0.25) is 4.79 Å². The quantitative estimate of drug-likeness (QED) is 0.871. The van der Waals surface area contributed by atoms with Crippen molar-refractivity contribution < 1.29 is 14.6 Å². The molecule has 0 radical (unpaired) electrons. The Morgan fingerprint density at radius 2 is 2.11 bits per heavy atom. The lowest BCUT2D eigenvalue weighted by atomic mass is 9.80. The molecule has 1 aliphatic carbocycles. The summed E-state index contributed by atoms with van der Waals surface area (Å²) < 4.78 is 6.34. The van der Waals surface area contributed by atoms with Crippen molar-refractivity contribution in [3.63, 3.8) is 0 Å². The summed E-state index contributed by atoms with van der Waals surface area (Å²) in [6.07, 6.45) is 1.90. The van der Waals surface area contributed by atoms with Crippen molar-refractivity contribution in [2.75, 3.05) is 13.7 Å². The summed E-state index contributed by atoms with van der Waals surface area (Å²) in [6.45, 7) is 0.454. The van der Waals surface area contributed by atoms with Crippen molar-refractivity contribution in [1.29, 1.82) is 0 Å². The third-order valence-corrected chi connectivity index (χ3v) is 4.25. The lowest BCUT2D eigenvalue weighted by Crippen LogP contribution is -2.50. The number of amides is 1. The third kappa shape index (κ3) is 3.35. The minimum absolute atomic E-state index is 0.227. The van der Waals surface area contributed by atoms with E-state index in [1.54, 1.807) is 31.4 Å². The fourth-order valence-corrected chi connectivity index (χ4v) is 2.43. The molecule has 0 aromatic heterocycles. The molecule has 4 nitrogen and oxygen atoms in total. The molecule has 5 heteroatoms. The zero-order valence-corrected chi connectivity index (χ0v) is 12.4. The normalized spacial score (nSPS) is 18.5. The first-order valence-electron chi connectivity index (χ1n) is 6.33. The van der Waals surface area contributed by atoms with Gasteiger partial charge in [0.05, 0.1) is 5.60 Å². The SMILES string of the molecule is COC1(CNC(=O)C(O)c2ccc(Br)cc2)CCC1. The molecule has 0 spiro atoms. The second-order valence-electron chi connectivity index (χ2n) is 4.91. The first kappa shape index (κ1) is 14.5. The second kappa shape index (κ2) is 6.03. The van der Waals surface area contributed by atoms with Gasteiger partial charge in [-0.1, -0.05) is 28.1 Å². The molecule has 0 bridgehead atoms. The number of aliphatic hydroxyl groups excluding tert-OH is 1. The average molecular weight is 328 g/mol. The molecule has 0 saturated heterocycles. The molecule has 2 N–H and O–H groups in total. The van der Waals surface area contributed by atoms with Crippen LogP contribution >= 0.6 is 15.9 Å². The van der Waals surface area contributed by atoms with Crippen molar-refractivity contribution in [3.8, 4) is 0 Å². The van der Waals surface area contributed by atoms with E-state index < -0.39 is 6.10 Å². The summed E-state index contributed by atoms with van der Waals surface area (Å²) in [5.74, 6) is -0.384. The fraction of sp³-hybridized carbons (Fsp3) is 0.500. The monoisotopic (exact) mass is 327 g/mol. The zero-order chi connectivity index (χ0) is 13.9. The van der Waals surface area contributed by atoms with Gasteiger partial charge >= 0.3 is 0 Å². The van der Waals surface area contributed by atoms with Gasteiger partial charge in [0, 0.05) is 18.1 Å². The van der Waals surface area contributed by atoms with Crippen LogP contribution in [-0.2, 0) is 9.53 Å². The Hall–Kier alpha value is -0.910. The largest absolute Gasteiger partial charge is 0.378 e. The van der Waals surface area contributed by atoms with Crippen LogP contribution in [-0.4, -0.2) is 30.3 Å². The maximum atomic E-state index is 11.9. The average Bonchev–Trinajstić information content (AvgIpc) is 2.38. The summed E-state index contributed by atoms with van der Waals surface area (Å²) in [5, 5.41) is 12.7. The van der Waals surface area contributed by atoms with Gasteiger partial charge in [0.2, 0.25) is 0 Å². The van der Waals surface area contributed by atoms with E-state index in [2.05, 4.69) is 21.2 Å². The van der Waals surface area contributed by atoms with E-state index in [9.17, 15) is 9.90 Å². The van der Waals surface area contributed by atoms with Gasteiger partial charge < -0.3 is 15.2 Å². The molecule has 1 aromatic carbocycles. The Balaban J connectivity index is 1.90. The number of halogens is 1. The highest BCUT2D eigenvalue weighted by Gasteiger charge is 2.37. The lowest BCUT2D eigenvalue weighted by Gasteiger charge is -2.40. The van der Waals surface area contributed by atoms with Crippen LogP contribution in [0.1, 0.15) is 30.9 Å². The Labute approximate surface area is 121 Å². The molecule has 1 aromatic rings. The maximum absolute atomic E-state index is 11.9. The highest BCUT2D eigenvalue weighted by atomic mass is 79.9. The smallest absolute Gasteiger partial charge is 0.253 e. The molecule has 1 aliphatic rings. The van der Waals surface area contributed by atoms with E-state index in [0.29, 0.717) is 12.1 Å². The highest BCUT2D eigenvalue weighted by Crippen LogP contribution is 2.34. The summed E-state index contributed by atoms with van der Waals surface area (Å²) in [4.78, 5) is 11.9. The fourth-order valence-electron chi connectivity index (χ4n) is 2.17. The topological polar surface area (TPSA) is 58.6 Å². The molecule has 104 valence electrons. The van der Waals surface area contributed by atoms with E-state index in [4.69, 9.17) is 4.74 Å². The number of aliphatic hydroxyl groups is 1. The number of methoxy groups -OCH3 is 1. The summed E-state index contributed by atoms with van der Waals surface area (Å²) >= 11 is 3.32. The van der Waals surface area contributed by atoms with Gasteiger partial charge in [-0.2, -0.15) is 0 Å². The Bertz CT molecular complexity index is 437. The van der Waals surface area contributed by atoms with Crippen molar-refractivity contribution in [2.24, 2.45) is 0 Å². The number of rotatable bonds is 5. The summed E-state index contributed by atoms with van der Waals surface area (Å²) in [5.41, 5.74) is 0.357. The Morgan fingerprint density at radius 1 is 1.47 bits per heavy atom. The number of nitrogens with one attached hydrogen (secondary N) is 1. The van der Waals surface area contributed by atoms with Crippen LogP contribution in [0.2, 0.25) is 0 Å². The van der Waals surface area contributed by atoms with E-state index >= 15 is 0 Å². The van der Waals surface area contributed by atoms with E-state index in [1.165, 1.54) is 0 Å². The van der Waals surface area contributed by atoms with Crippen LogP contribution in [0.3, 0.4) is 0 Å². The van der Waals surface area contributed by atoms with Crippen LogP contribution in [0.25, 0.3) is 0 Å². The third-order valence-electron chi connectivity index (χ3n) is 3.72.